The first-order valence-electron chi connectivity index (χ1n) is 11.3. The summed E-state index contributed by atoms with van der Waals surface area (Å²) in [6, 6.07) is 3.93. The molecule has 2 amide bonds. The molecule has 1 aliphatic heterocycles. The number of hydrogen-bond donors (Lipinski definition) is 1. The average Bonchev–Trinajstić information content (AvgIpc) is 3.47. The number of piperidine rings is 1. The van der Waals surface area contributed by atoms with Crippen molar-refractivity contribution in [3.63, 3.8) is 0 Å². The maximum Gasteiger partial charge on any atom is 0.223 e. The fourth-order valence-electron chi connectivity index (χ4n) is 5.03. The highest BCUT2D eigenvalue weighted by Gasteiger charge is 2.58. The number of nitrogens with one attached hydrogen (secondary N) is 1. The molecule has 2 fully saturated rings. The number of likely N-dealkylation sites (tertiary alicyclic amines) is 1. The van der Waals surface area contributed by atoms with Gasteiger partial charge in [-0.2, -0.15) is 0 Å². The van der Waals surface area contributed by atoms with E-state index >= 15 is 0 Å². The van der Waals surface area contributed by atoms with Crippen molar-refractivity contribution < 1.29 is 9.59 Å². The van der Waals surface area contributed by atoms with Crippen molar-refractivity contribution in [3.05, 3.63) is 41.7 Å². The summed E-state index contributed by atoms with van der Waals surface area (Å²) in [7, 11) is 0. The lowest BCUT2D eigenvalue weighted by Gasteiger charge is -2.33. The van der Waals surface area contributed by atoms with Gasteiger partial charge < -0.3 is 10.2 Å². The van der Waals surface area contributed by atoms with Gasteiger partial charge in [-0.1, -0.05) is 17.7 Å². The molecule has 0 radical (unpaired) electrons. The van der Waals surface area contributed by atoms with Gasteiger partial charge in [0.15, 0.2) is 0 Å². The summed E-state index contributed by atoms with van der Waals surface area (Å²) in [5.41, 5.74) is 2.78. The van der Waals surface area contributed by atoms with Gasteiger partial charge in [-0.3, -0.25) is 14.6 Å². The summed E-state index contributed by atoms with van der Waals surface area (Å²) in [6.45, 7) is 2.36. The van der Waals surface area contributed by atoms with Crippen molar-refractivity contribution in [2.45, 2.75) is 64.2 Å². The highest BCUT2D eigenvalue weighted by molar-refractivity contribution is 5.83. The molecule has 5 heteroatoms. The van der Waals surface area contributed by atoms with Crippen LogP contribution in [0.15, 0.2) is 36.2 Å². The van der Waals surface area contributed by atoms with Gasteiger partial charge in [-0.25, -0.2) is 0 Å². The van der Waals surface area contributed by atoms with Crippen LogP contribution < -0.4 is 5.32 Å². The van der Waals surface area contributed by atoms with Gasteiger partial charge in [-0.05, 0) is 74.8 Å². The minimum absolute atomic E-state index is 0.161. The number of rotatable bonds is 7. The average molecular weight is 396 g/mol. The Kier molecular flexibility index (Phi) is 6.31. The Bertz CT molecular complexity index is 751. The number of pyridine rings is 1. The van der Waals surface area contributed by atoms with Crippen molar-refractivity contribution >= 4 is 11.8 Å². The van der Waals surface area contributed by atoms with Crippen molar-refractivity contribution in [2.24, 2.45) is 11.3 Å². The second-order valence-electron chi connectivity index (χ2n) is 9.01. The van der Waals surface area contributed by atoms with E-state index < -0.39 is 0 Å². The molecule has 29 heavy (non-hydrogen) atoms. The lowest BCUT2D eigenvalue weighted by Crippen LogP contribution is -2.40. The molecule has 5 nitrogen and oxygen atoms in total. The summed E-state index contributed by atoms with van der Waals surface area (Å²) in [4.78, 5) is 31.2. The van der Waals surface area contributed by atoms with Gasteiger partial charge in [0, 0.05) is 44.4 Å². The molecule has 1 N–H and O–H groups in total. The fraction of sp³-hybridized carbons (Fsp3) is 0.625. The summed E-state index contributed by atoms with van der Waals surface area (Å²) in [5.74, 6) is 0.624. The number of nitrogens with zero attached hydrogens (tertiary/aromatic N) is 2. The number of allylic oxidation sites excluding steroid dienone is 1. The van der Waals surface area contributed by atoms with Gasteiger partial charge in [0.1, 0.15) is 0 Å². The van der Waals surface area contributed by atoms with Crippen LogP contribution in [0.1, 0.15) is 63.4 Å². The molecule has 3 aliphatic rings. The van der Waals surface area contributed by atoms with E-state index in [0.29, 0.717) is 6.42 Å². The monoisotopic (exact) mass is 395 g/mol. The van der Waals surface area contributed by atoms with Crippen LogP contribution in [-0.2, 0) is 16.0 Å². The number of aromatic nitrogens is 1. The van der Waals surface area contributed by atoms with E-state index in [1.165, 1.54) is 31.3 Å². The Hall–Kier alpha value is -2.17. The summed E-state index contributed by atoms with van der Waals surface area (Å²) in [6.07, 6.45) is 16.2. The normalized spacial score (nSPS) is 22.8. The first-order valence-corrected chi connectivity index (χ1v) is 11.3. The molecule has 2 heterocycles. The van der Waals surface area contributed by atoms with E-state index in [0.717, 1.165) is 57.3 Å². The molecule has 1 saturated heterocycles. The summed E-state index contributed by atoms with van der Waals surface area (Å²) < 4.78 is 0. The van der Waals surface area contributed by atoms with Crippen LogP contribution in [0.2, 0.25) is 0 Å². The summed E-state index contributed by atoms with van der Waals surface area (Å²) >= 11 is 0. The van der Waals surface area contributed by atoms with E-state index in [-0.39, 0.29) is 23.1 Å². The minimum Gasteiger partial charge on any atom is -0.356 e. The molecule has 0 bridgehead atoms. The van der Waals surface area contributed by atoms with E-state index in [1.54, 1.807) is 6.20 Å². The van der Waals surface area contributed by atoms with Crippen molar-refractivity contribution in [1.29, 1.82) is 0 Å². The van der Waals surface area contributed by atoms with Gasteiger partial charge in [0.25, 0.3) is 0 Å². The zero-order valence-corrected chi connectivity index (χ0v) is 17.4. The van der Waals surface area contributed by atoms with Crippen LogP contribution in [0.4, 0.5) is 0 Å². The Labute approximate surface area is 174 Å². The Morgan fingerprint density at radius 3 is 2.79 bits per heavy atom. The first kappa shape index (κ1) is 20.1. The van der Waals surface area contributed by atoms with Crippen LogP contribution in [0, 0.1) is 11.3 Å². The minimum atomic E-state index is 0.161. The van der Waals surface area contributed by atoms with E-state index in [1.807, 2.05) is 23.2 Å². The zero-order valence-electron chi connectivity index (χ0n) is 17.4. The zero-order chi connectivity index (χ0) is 20.1. The second-order valence-corrected chi connectivity index (χ2v) is 9.01. The Morgan fingerprint density at radius 2 is 2.07 bits per heavy atom. The van der Waals surface area contributed by atoms with Crippen LogP contribution in [0.3, 0.4) is 0 Å². The third-order valence-electron chi connectivity index (χ3n) is 7.10. The van der Waals surface area contributed by atoms with Gasteiger partial charge in [0.2, 0.25) is 11.8 Å². The molecule has 156 valence electrons. The van der Waals surface area contributed by atoms with E-state index in [2.05, 4.69) is 16.4 Å². The van der Waals surface area contributed by atoms with Crippen LogP contribution in [0.25, 0.3) is 0 Å². The molecule has 4 rings (SSSR count). The number of carbonyl (C=O) groups is 2. The molecule has 1 saturated carbocycles. The Balaban J connectivity index is 1.16. The third-order valence-corrected chi connectivity index (χ3v) is 7.10. The molecule has 2 aliphatic carbocycles. The quantitative estimate of drug-likeness (QED) is 0.717. The number of hydrogen-bond acceptors (Lipinski definition) is 3. The van der Waals surface area contributed by atoms with E-state index in [4.69, 9.17) is 0 Å². The number of aryl methyl sites for hydroxylation is 1. The SMILES string of the molecule is O=C(NCCC1=CCCCC1)[C@H]1CC12CCN(C(=O)CCc1cccnc1)CC2. The molecule has 1 spiro atoms. The highest BCUT2D eigenvalue weighted by Crippen LogP contribution is 2.59. The number of carbonyl (C=O) groups excluding carboxylic acids is 2. The van der Waals surface area contributed by atoms with E-state index in [9.17, 15) is 9.59 Å². The van der Waals surface area contributed by atoms with Gasteiger partial charge in [0.05, 0.1) is 0 Å². The van der Waals surface area contributed by atoms with Crippen molar-refractivity contribution in [2.75, 3.05) is 19.6 Å². The first-order chi connectivity index (χ1) is 14.2. The summed E-state index contributed by atoms with van der Waals surface area (Å²) in [5, 5.41) is 3.17. The molecule has 1 aromatic heterocycles. The predicted octanol–water partition coefficient (Wildman–Crippen LogP) is 3.65. The maximum atomic E-state index is 12.6. The smallest absolute Gasteiger partial charge is 0.223 e. The number of amides is 2. The molecule has 0 aromatic carbocycles. The highest BCUT2D eigenvalue weighted by atomic mass is 16.2. The molecule has 1 aromatic rings. The third kappa shape index (κ3) is 5.06. The maximum absolute atomic E-state index is 12.6. The molecule has 1 atom stereocenters. The molecular weight excluding hydrogens is 362 g/mol. The van der Waals surface area contributed by atoms with Gasteiger partial charge in [-0.15, -0.1) is 0 Å². The van der Waals surface area contributed by atoms with Gasteiger partial charge >= 0.3 is 0 Å². The van der Waals surface area contributed by atoms with Crippen LogP contribution >= 0.6 is 0 Å². The topological polar surface area (TPSA) is 62.3 Å². The lowest BCUT2D eigenvalue weighted by molar-refractivity contribution is -0.132. The van der Waals surface area contributed by atoms with Crippen molar-refractivity contribution in [3.8, 4) is 0 Å². The molecular formula is C24H33N3O2. The largest absolute Gasteiger partial charge is 0.356 e. The fourth-order valence-corrected chi connectivity index (χ4v) is 5.03. The standard InChI is InChI=1S/C24H33N3O2/c28-22(9-8-20-7-4-13-25-18-20)27-15-11-24(12-16-27)17-21(24)23(29)26-14-10-19-5-2-1-3-6-19/h4-5,7,13,18,21H,1-3,6,8-12,14-17H2,(H,26,29)/t21-/m1/s1. The lowest BCUT2D eigenvalue weighted by atomic mass is 9.90. The Morgan fingerprint density at radius 1 is 1.21 bits per heavy atom. The van der Waals surface area contributed by atoms with Crippen LogP contribution in [-0.4, -0.2) is 41.3 Å². The second kappa shape index (κ2) is 9.10. The molecule has 0 unspecified atom stereocenters. The van der Waals surface area contributed by atoms with Crippen LogP contribution in [0.5, 0.6) is 0 Å². The predicted molar refractivity (Wildman–Crippen MR) is 113 cm³/mol. The van der Waals surface area contributed by atoms with Crippen molar-refractivity contribution in [1.82, 2.24) is 15.2 Å².